The summed E-state index contributed by atoms with van der Waals surface area (Å²) in [5.74, 6) is 0. The molecule has 0 saturated heterocycles. The molecule has 0 spiro atoms. The van der Waals surface area contributed by atoms with E-state index in [1.54, 1.807) is 7.11 Å². The van der Waals surface area contributed by atoms with Gasteiger partial charge >= 0.3 is 8.56 Å². The lowest BCUT2D eigenvalue weighted by molar-refractivity contribution is 0.152. The van der Waals surface area contributed by atoms with Crippen LogP contribution >= 0.6 is 0 Å². The van der Waals surface area contributed by atoms with Gasteiger partial charge < -0.3 is 8.85 Å². The summed E-state index contributed by atoms with van der Waals surface area (Å²) in [7, 11) is -0.390. The third-order valence-corrected chi connectivity index (χ3v) is 7.91. The lowest BCUT2D eigenvalue weighted by Gasteiger charge is -2.48. The zero-order valence-electron chi connectivity index (χ0n) is 11.7. The maximum atomic E-state index is 6.17. The van der Waals surface area contributed by atoms with Crippen LogP contribution in [0.25, 0.3) is 0 Å². The van der Waals surface area contributed by atoms with Crippen LogP contribution in [-0.4, -0.2) is 22.3 Å². The quantitative estimate of drug-likeness (QED) is 0.679. The lowest BCUT2D eigenvalue weighted by atomic mass is 10.2. The summed E-state index contributed by atoms with van der Waals surface area (Å²) in [6.07, 6.45) is 1.05. The number of rotatable bonds is 4. The maximum absolute atomic E-state index is 6.17. The van der Waals surface area contributed by atoms with E-state index in [0.717, 1.165) is 13.0 Å². The van der Waals surface area contributed by atoms with E-state index >= 15 is 0 Å². The van der Waals surface area contributed by atoms with Crippen LogP contribution in [0.15, 0.2) is 0 Å². The highest BCUT2D eigenvalue weighted by Gasteiger charge is 2.57. The van der Waals surface area contributed by atoms with Crippen molar-refractivity contribution in [3.63, 3.8) is 0 Å². The second-order valence-corrected chi connectivity index (χ2v) is 11.1. The summed E-state index contributed by atoms with van der Waals surface area (Å²) >= 11 is 0. The van der Waals surface area contributed by atoms with Crippen molar-refractivity contribution < 1.29 is 8.85 Å². The van der Waals surface area contributed by atoms with Crippen molar-refractivity contribution in [1.29, 1.82) is 0 Å². The van der Waals surface area contributed by atoms with Crippen LogP contribution in [0.2, 0.25) is 10.1 Å². The van der Waals surface area contributed by atoms with Gasteiger partial charge in [-0.25, -0.2) is 0 Å². The Balaban J connectivity index is 5.13. The van der Waals surface area contributed by atoms with E-state index in [0.29, 0.717) is 0 Å². The van der Waals surface area contributed by atoms with Crippen LogP contribution in [-0.2, 0) is 8.85 Å². The van der Waals surface area contributed by atoms with Crippen molar-refractivity contribution in [1.82, 2.24) is 0 Å². The SMILES string of the molecule is CCCO[Si](OC)(C(C)(C)C)C(C)(C)C. The molecular weight excluding hydrogens is 204 g/mol. The molecule has 92 valence electrons. The average molecular weight is 232 g/mol. The largest absolute Gasteiger partial charge is 0.397 e. The standard InChI is InChI=1S/C12H28O2Si/c1-9-10-14-15(13-8,11(2,3)4)12(5,6)7/h9-10H2,1-8H3. The Labute approximate surface area is 96.6 Å². The van der Waals surface area contributed by atoms with Crippen molar-refractivity contribution in [2.24, 2.45) is 0 Å². The lowest BCUT2D eigenvalue weighted by Crippen LogP contribution is -2.56. The second kappa shape index (κ2) is 4.98. The van der Waals surface area contributed by atoms with Gasteiger partial charge in [-0.15, -0.1) is 0 Å². The zero-order chi connectivity index (χ0) is 12.3. The molecule has 0 saturated carbocycles. The molecule has 0 aromatic heterocycles. The van der Waals surface area contributed by atoms with Gasteiger partial charge in [-0.05, 0) is 6.42 Å². The smallest absolute Gasteiger partial charge is 0.349 e. The van der Waals surface area contributed by atoms with Crippen LogP contribution in [0.1, 0.15) is 54.9 Å². The molecule has 0 fully saturated rings. The van der Waals surface area contributed by atoms with Gasteiger partial charge in [0.15, 0.2) is 0 Å². The highest BCUT2D eigenvalue weighted by molar-refractivity contribution is 6.73. The molecule has 0 unspecified atom stereocenters. The summed E-state index contributed by atoms with van der Waals surface area (Å²) in [4.78, 5) is 0. The van der Waals surface area contributed by atoms with Gasteiger partial charge in [-0.2, -0.15) is 0 Å². The third-order valence-electron chi connectivity index (χ3n) is 2.77. The van der Waals surface area contributed by atoms with E-state index in [9.17, 15) is 0 Å². The Bertz CT molecular complexity index is 175. The second-order valence-electron chi connectivity index (χ2n) is 6.17. The minimum Gasteiger partial charge on any atom is -0.397 e. The fraction of sp³-hybridized carbons (Fsp3) is 1.00. The predicted molar refractivity (Wildman–Crippen MR) is 68.4 cm³/mol. The van der Waals surface area contributed by atoms with Crippen molar-refractivity contribution in [3.8, 4) is 0 Å². The van der Waals surface area contributed by atoms with Gasteiger partial charge in [0.1, 0.15) is 0 Å². The number of hydrogen-bond donors (Lipinski definition) is 0. The van der Waals surface area contributed by atoms with E-state index in [-0.39, 0.29) is 10.1 Å². The molecule has 15 heavy (non-hydrogen) atoms. The van der Waals surface area contributed by atoms with Crippen molar-refractivity contribution in [2.75, 3.05) is 13.7 Å². The molecule has 0 N–H and O–H groups in total. The highest BCUT2D eigenvalue weighted by atomic mass is 28.4. The molecule has 0 aliphatic carbocycles. The van der Waals surface area contributed by atoms with Gasteiger partial charge in [0, 0.05) is 23.8 Å². The Morgan fingerprint density at radius 1 is 0.933 bits per heavy atom. The van der Waals surface area contributed by atoms with Crippen LogP contribution < -0.4 is 0 Å². The summed E-state index contributed by atoms with van der Waals surface area (Å²) in [6.45, 7) is 16.3. The molecule has 0 radical (unpaired) electrons. The van der Waals surface area contributed by atoms with E-state index in [1.165, 1.54) is 0 Å². The molecule has 2 nitrogen and oxygen atoms in total. The monoisotopic (exact) mass is 232 g/mol. The molecule has 0 aliphatic rings. The van der Waals surface area contributed by atoms with Crippen LogP contribution in [0.5, 0.6) is 0 Å². The Kier molecular flexibility index (Phi) is 5.02. The van der Waals surface area contributed by atoms with Gasteiger partial charge in [-0.3, -0.25) is 0 Å². The molecule has 3 heteroatoms. The number of hydrogen-bond acceptors (Lipinski definition) is 2. The van der Waals surface area contributed by atoms with Gasteiger partial charge in [0.25, 0.3) is 0 Å². The Morgan fingerprint density at radius 3 is 1.53 bits per heavy atom. The van der Waals surface area contributed by atoms with Gasteiger partial charge in [0.05, 0.1) is 0 Å². The van der Waals surface area contributed by atoms with E-state index < -0.39 is 8.56 Å². The first kappa shape index (κ1) is 15.1. The maximum Gasteiger partial charge on any atom is 0.349 e. The minimum absolute atomic E-state index is 0.0924. The van der Waals surface area contributed by atoms with Gasteiger partial charge in [-0.1, -0.05) is 48.5 Å². The van der Waals surface area contributed by atoms with E-state index in [4.69, 9.17) is 8.85 Å². The molecule has 0 aromatic rings. The summed E-state index contributed by atoms with van der Waals surface area (Å²) in [6, 6.07) is 0. The molecule has 0 aliphatic heterocycles. The first-order valence-corrected chi connectivity index (χ1v) is 7.63. The van der Waals surface area contributed by atoms with E-state index in [1.807, 2.05) is 0 Å². The predicted octanol–water partition coefficient (Wildman–Crippen LogP) is 4.10. The Hall–Kier alpha value is 0.137. The van der Waals surface area contributed by atoms with Crippen molar-refractivity contribution in [3.05, 3.63) is 0 Å². The summed E-state index contributed by atoms with van der Waals surface area (Å²) in [5, 5.41) is 0.185. The zero-order valence-corrected chi connectivity index (χ0v) is 12.7. The summed E-state index contributed by atoms with van der Waals surface area (Å²) < 4.78 is 12.1. The topological polar surface area (TPSA) is 18.5 Å². The van der Waals surface area contributed by atoms with E-state index in [2.05, 4.69) is 48.5 Å². The molecule has 0 amide bonds. The van der Waals surface area contributed by atoms with Crippen LogP contribution in [0.4, 0.5) is 0 Å². The molecular formula is C12H28O2Si. The molecule has 0 rings (SSSR count). The average Bonchev–Trinajstić information content (AvgIpc) is 2.01. The van der Waals surface area contributed by atoms with Crippen molar-refractivity contribution >= 4 is 8.56 Å². The molecule has 0 bridgehead atoms. The highest BCUT2D eigenvalue weighted by Crippen LogP contribution is 2.51. The first-order chi connectivity index (χ1) is 6.62. The van der Waals surface area contributed by atoms with Gasteiger partial charge in [0.2, 0.25) is 0 Å². The Morgan fingerprint density at radius 2 is 1.33 bits per heavy atom. The van der Waals surface area contributed by atoms with Crippen molar-refractivity contribution in [2.45, 2.75) is 65.0 Å². The van der Waals surface area contributed by atoms with Crippen LogP contribution in [0, 0.1) is 0 Å². The summed E-state index contributed by atoms with van der Waals surface area (Å²) in [5.41, 5.74) is 0. The van der Waals surface area contributed by atoms with Crippen LogP contribution in [0.3, 0.4) is 0 Å². The fourth-order valence-electron chi connectivity index (χ4n) is 2.48. The molecule has 0 heterocycles. The molecule has 0 aromatic carbocycles. The molecule has 0 atom stereocenters. The fourth-order valence-corrected chi connectivity index (χ4v) is 7.43. The normalized spacial score (nSPS) is 14.4. The third kappa shape index (κ3) is 3.05. The minimum atomic E-state index is -2.19. The first-order valence-electron chi connectivity index (χ1n) is 5.81.